The van der Waals surface area contributed by atoms with Gasteiger partial charge in [0.1, 0.15) is 0 Å². The first-order valence-electron chi connectivity index (χ1n) is 10.6. The van der Waals surface area contributed by atoms with Crippen LogP contribution in [-0.4, -0.2) is 23.7 Å². The molecule has 4 aromatic rings. The molecule has 0 radical (unpaired) electrons. The van der Waals surface area contributed by atoms with Gasteiger partial charge in [0.15, 0.2) is 0 Å². The van der Waals surface area contributed by atoms with Gasteiger partial charge < -0.3 is 4.55 Å². The van der Waals surface area contributed by atoms with E-state index in [0.29, 0.717) is 17.0 Å². The third kappa shape index (κ3) is 6.16. The van der Waals surface area contributed by atoms with Crippen molar-refractivity contribution in [1.29, 1.82) is 0 Å². The lowest BCUT2D eigenvalue weighted by Crippen LogP contribution is -2.19. The molecule has 1 aromatic carbocycles. The fourth-order valence-electron chi connectivity index (χ4n) is 4.01. The van der Waals surface area contributed by atoms with Crippen LogP contribution in [0.4, 0.5) is 13.2 Å². The van der Waals surface area contributed by atoms with Crippen molar-refractivity contribution < 1.29 is 21.9 Å². The molecule has 0 aliphatic carbocycles. The van der Waals surface area contributed by atoms with Crippen molar-refractivity contribution in [3.8, 4) is 0 Å². The predicted octanol–water partition coefficient (Wildman–Crippen LogP) is 4.74. The predicted molar refractivity (Wildman–Crippen MR) is 124 cm³/mol. The minimum absolute atomic E-state index is 0.0197. The van der Waals surface area contributed by atoms with Crippen LogP contribution in [0.3, 0.4) is 0 Å². The van der Waals surface area contributed by atoms with E-state index in [4.69, 9.17) is 0 Å². The van der Waals surface area contributed by atoms with Gasteiger partial charge in [-0.05, 0) is 53.1 Å². The van der Waals surface area contributed by atoms with E-state index in [1.165, 1.54) is 12.1 Å². The van der Waals surface area contributed by atoms with Crippen LogP contribution in [0.2, 0.25) is 0 Å². The zero-order valence-electron chi connectivity index (χ0n) is 18.2. The zero-order chi connectivity index (χ0) is 24.8. The highest BCUT2D eigenvalue weighted by Crippen LogP contribution is 2.42. The van der Waals surface area contributed by atoms with Gasteiger partial charge in [-0.25, -0.2) is 4.72 Å². The number of nitrogens with one attached hydrogen (secondary N) is 1. The second-order valence-corrected chi connectivity index (χ2v) is 8.52. The van der Waals surface area contributed by atoms with Gasteiger partial charge in [-0.2, -0.15) is 13.2 Å². The topological polar surface area (TPSA) is 90.8 Å². The number of alkyl halides is 3. The van der Waals surface area contributed by atoms with E-state index in [1.807, 2.05) is 12.1 Å². The van der Waals surface area contributed by atoms with E-state index in [-0.39, 0.29) is 12.5 Å². The van der Waals surface area contributed by atoms with Gasteiger partial charge in [0.2, 0.25) is 0 Å². The number of hydrogen-bond acceptors (Lipinski definition) is 5. The summed E-state index contributed by atoms with van der Waals surface area (Å²) in [6.07, 6.45) is 2.24. The van der Waals surface area contributed by atoms with Crippen LogP contribution >= 0.6 is 0 Å². The summed E-state index contributed by atoms with van der Waals surface area (Å²) in [5.74, 6) is -0.887. The molecule has 0 saturated carbocycles. The van der Waals surface area contributed by atoms with Crippen molar-refractivity contribution in [2.45, 2.75) is 24.6 Å². The first-order valence-corrected chi connectivity index (χ1v) is 11.7. The molecule has 0 fully saturated rings. The molecule has 2 atom stereocenters. The molecule has 35 heavy (non-hydrogen) atoms. The van der Waals surface area contributed by atoms with Crippen molar-refractivity contribution in [1.82, 2.24) is 19.7 Å². The number of halogens is 3. The van der Waals surface area contributed by atoms with Crippen molar-refractivity contribution in [3.63, 3.8) is 0 Å². The van der Waals surface area contributed by atoms with Gasteiger partial charge in [0.05, 0.1) is 11.3 Å². The molecule has 6 nitrogen and oxygen atoms in total. The van der Waals surface area contributed by atoms with Crippen molar-refractivity contribution in [2.24, 2.45) is 0 Å². The first-order chi connectivity index (χ1) is 16.8. The summed E-state index contributed by atoms with van der Waals surface area (Å²) in [7, 11) is 0. The number of benzene rings is 1. The Labute approximate surface area is 202 Å². The lowest BCUT2D eigenvalue weighted by Gasteiger charge is -2.28. The lowest BCUT2D eigenvalue weighted by molar-refractivity contribution is -0.137. The minimum Gasteiger partial charge on any atom is -0.760 e. The molecule has 0 spiro atoms. The normalized spacial score (nSPS) is 13.5. The molecule has 3 heterocycles. The average molecular weight is 498 g/mol. The largest absolute Gasteiger partial charge is 0.760 e. The summed E-state index contributed by atoms with van der Waals surface area (Å²) >= 11 is -2.46. The Kier molecular flexibility index (Phi) is 7.64. The minimum atomic E-state index is -4.46. The lowest BCUT2D eigenvalue weighted by atomic mass is 9.76. The molecule has 4 rings (SSSR count). The average Bonchev–Trinajstić information content (AvgIpc) is 2.87. The summed E-state index contributed by atoms with van der Waals surface area (Å²) in [6.45, 7) is -0.0197. The Morgan fingerprint density at radius 3 is 1.97 bits per heavy atom. The van der Waals surface area contributed by atoms with Gasteiger partial charge in [0, 0.05) is 60.1 Å². The molecule has 1 N–H and O–H groups in total. The molecule has 0 aliphatic heterocycles. The van der Waals surface area contributed by atoms with E-state index in [2.05, 4.69) is 19.7 Å². The zero-order valence-corrected chi connectivity index (χ0v) is 19.0. The van der Waals surface area contributed by atoms with Crippen molar-refractivity contribution >= 4 is 11.3 Å². The molecule has 0 bridgehead atoms. The SMILES string of the molecule is O=S([O-])NCc1cccc(C(c2ccc(C(F)(F)F)cc2)C(c2cccnc2)c2cccnc2)n1. The molecule has 0 saturated heterocycles. The molecular formula is C25H20F3N4O2S-. The highest BCUT2D eigenvalue weighted by molar-refractivity contribution is 7.77. The maximum absolute atomic E-state index is 13.2. The fraction of sp³-hybridized carbons (Fsp3) is 0.160. The van der Waals surface area contributed by atoms with Gasteiger partial charge in [-0.15, -0.1) is 0 Å². The summed E-state index contributed by atoms with van der Waals surface area (Å²) in [5, 5.41) is 0. The number of pyridine rings is 3. The van der Waals surface area contributed by atoms with E-state index >= 15 is 0 Å². The van der Waals surface area contributed by atoms with E-state index in [9.17, 15) is 21.9 Å². The van der Waals surface area contributed by atoms with Crippen LogP contribution < -0.4 is 4.72 Å². The number of hydrogen-bond donors (Lipinski definition) is 1. The second-order valence-electron chi connectivity index (χ2n) is 7.76. The Balaban J connectivity index is 1.88. The Morgan fingerprint density at radius 1 is 0.829 bits per heavy atom. The summed E-state index contributed by atoms with van der Waals surface area (Å²) in [4.78, 5) is 13.2. The Morgan fingerprint density at radius 2 is 1.46 bits per heavy atom. The summed E-state index contributed by atoms with van der Waals surface area (Å²) in [6, 6.07) is 17.6. The summed E-state index contributed by atoms with van der Waals surface area (Å²) in [5.41, 5.74) is 2.56. The maximum Gasteiger partial charge on any atom is 0.416 e. The maximum atomic E-state index is 13.2. The molecule has 10 heteroatoms. The Hall–Kier alpha value is -3.47. The number of aromatic nitrogens is 3. The highest BCUT2D eigenvalue weighted by atomic mass is 32.2. The molecule has 180 valence electrons. The smallest absolute Gasteiger partial charge is 0.416 e. The van der Waals surface area contributed by atoms with Crippen molar-refractivity contribution in [2.75, 3.05) is 0 Å². The quantitative estimate of drug-likeness (QED) is 0.355. The number of rotatable bonds is 8. The van der Waals surface area contributed by atoms with Gasteiger partial charge in [-0.1, -0.05) is 30.3 Å². The molecule has 0 aliphatic rings. The van der Waals surface area contributed by atoms with Crippen LogP contribution in [0.5, 0.6) is 0 Å². The van der Waals surface area contributed by atoms with Crippen LogP contribution in [0.25, 0.3) is 0 Å². The van der Waals surface area contributed by atoms with E-state index in [0.717, 1.165) is 23.3 Å². The first kappa shape index (κ1) is 24.6. The van der Waals surface area contributed by atoms with Crippen LogP contribution in [-0.2, 0) is 24.0 Å². The molecule has 2 unspecified atom stereocenters. The fourth-order valence-corrected chi connectivity index (χ4v) is 4.28. The van der Waals surface area contributed by atoms with Crippen molar-refractivity contribution in [3.05, 3.63) is 125 Å². The molecule has 0 amide bonds. The van der Waals surface area contributed by atoms with E-state index < -0.39 is 28.9 Å². The molecule has 3 aromatic heterocycles. The third-order valence-electron chi connectivity index (χ3n) is 5.54. The third-order valence-corrected chi connectivity index (χ3v) is 5.92. The van der Waals surface area contributed by atoms with Gasteiger partial charge in [0.25, 0.3) is 0 Å². The van der Waals surface area contributed by atoms with Gasteiger partial charge in [-0.3, -0.25) is 19.2 Å². The monoisotopic (exact) mass is 497 g/mol. The highest BCUT2D eigenvalue weighted by Gasteiger charge is 2.33. The Bertz CT molecular complexity index is 1230. The van der Waals surface area contributed by atoms with Crippen LogP contribution in [0.1, 0.15) is 45.5 Å². The van der Waals surface area contributed by atoms with Crippen LogP contribution in [0, 0.1) is 0 Å². The molecular weight excluding hydrogens is 477 g/mol. The second kappa shape index (κ2) is 10.9. The van der Waals surface area contributed by atoms with E-state index in [1.54, 1.807) is 55.1 Å². The van der Waals surface area contributed by atoms with Gasteiger partial charge >= 0.3 is 6.18 Å². The van der Waals surface area contributed by atoms with Crippen LogP contribution in [0.15, 0.2) is 91.5 Å². The summed E-state index contributed by atoms with van der Waals surface area (Å²) < 4.78 is 64.0. The number of nitrogens with zero attached hydrogens (tertiary/aromatic N) is 3. The standard InChI is InChI=1S/C25H21F3N4O2S/c26-25(27,28)20-10-8-17(9-11-20)24(22-7-1-6-21(32-22)16-31-35(33)34)23(18-4-2-12-29-14-18)19-5-3-13-30-15-19/h1-15,23-24,31H,16H2,(H,33,34)/p-1.